The number of hydrogen-bond donors (Lipinski definition) is 2. The van der Waals surface area contributed by atoms with Crippen molar-refractivity contribution in [2.24, 2.45) is 5.10 Å². The van der Waals surface area contributed by atoms with Gasteiger partial charge >= 0.3 is 6.18 Å². The Kier molecular flexibility index (Phi) is 6.26. The Balaban J connectivity index is 2.10. The quantitative estimate of drug-likeness (QED) is 0.395. The van der Waals surface area contributed by atoms with E-state index in [2.05, 4.69) is 15.8 Å². The van der Waals surface area contributed by atoms with E-state index in [4.69, 9.17) is 23.8 Å². The fourth-order valence-electron chi connectivity index (χ4n) is 2.11. The van der Waals surface area contributed by atoms with Gasteiger partial charge in [-0.25, -0.2) is 0 Å². The summed E-state index contributed by atoms with van der Waals surface area (Å²) in [5.41, 5.74) is 5.76. The van der Waals surface area contributed by atoms with Gasteiger partial charge < -0.3 is 5.32 Å². The summed E-state index contributed by atoms with van der Waals surface area (Å²) < 4.78 is 38.4. The SMILES string of the molecule is C/C(=N/NC(=S)Nc1cc(C(F)(F)F)ccc1Cl)c1ccc(C)c(C)c1. The van der Waals surface area contributed by atoms with Gasteiger partial charge in [0.25, 0.3) is 0 Å². The first-order chi connectivity index (χ1) is 12.1. The third-order valence-corrected chi connectivity index (χ3v) is 4.31. The molecule has 0 fully saturated rings. The van der Waals surface area contributed by atoms with Crippen LogP contribution in [0.4, 0.5) is 18.9 Å². The maximum atomic E-state index is 12.8. The van der Waals surface area contributed by atoms with Crippen LogP contribution in [0.1, 0.15) is 29.2 Å². The average Bonchev–Trinajstić information content (AvgIpc) is 2.56. The first kappa shape index (κ1) is 20.2. The Morgan fingerprint density at radius 2 is 1.77 bits per heavy atom. The summed E-state index contributed by atoms with van der Waals surface area (Å²) in [5, 5.41) is 6.95. The van der Waals surface area contributed by atoms with Crippen molar-refractivity contribution in [2.75, 3.05) is 5.32 Å². The Bertz CT molecular complexity index is 863. The molecule has 138 valence electrons. The molecule has 0 saturated heterocycles. The lowest BCUT2D eigenvalue weighted by atomic mass is 10.0. The van der Waals surface area contributed by atoms with Crippen LogP contribution in [0.2, 0.25) is 5.02 Å². The Hall–Kier alpha value is -2.12. The summed E-state index contributed by atoms with van der Waals surface area (Å²) in [4.78, 5) is 0. The van der Waals surface area contributed by atoms with Crippen LogP contribution in [0.3, 0.4) is 0 Å². The van der Waals surface area contributed by atoms with Crippen LogP contribution in [-0.2, 0) is 6.18 Å². The average molecular weight is 400 g/mol. The van der Waals surface area contributed by atoms with Gasteiger partial charge in [-0.2, -0.15) is 18.3 Å². The van der Waals surface area contributed by atoms with Crippen LogP contribution in [0.25, 0.3) is 0 Å². The van der Waals surface area contributed by atoms with Crippen LogP contribution in [0.15, 0.2) is 41.5 Å². The standard InChI is InChI=1S/C18H17ClF3N3S/c1-10-4-5-13(8-11(10)2)12(3)24-25-17(26)23-16-9-14(18(20,21)22)6-7-15(16)19/h4-9H,1-3H3,(H2,23,25,26)/b24-12-. The molecule has 0 amide bonds. The number of alkyl halides is 3. The number of nitrogens with zero attached hydrogens (tertiary/aromatic N) is 1. The number of anilines is 1. The van der Waals surface area contributed by atoms with Crippen molar-refractivity contribution in [1.82, 2.24) is 5.43 Å². The lowest BCUT2D eigenvalue weighted by molar-refractivity contribution is -0.137. The smallest absolute Gasteiger partial charge is 0.330 e. The summed E-state index contributed by atoms with van der Waals surface area (Å²) in [6.45, 7) is 5.82. The van der Waals surface area contributed by atoms with E-state index in [-0.39, 0.29) is 15.8 Å². The maximum Gasteiger partial charge on any atom is 0.416 e. The van der Waals surface area contributed by atoms with Crippen molar-refractivity contribution in [3.05, 3.63) is 63.7 Å². The highest BCUT2D eigenvalue weighted by atomic mass is 35.5. The van der Waals surface area contributed by atoms with Gasteiger partial charge in [-0.1, -0.05) is 23.7 Å². The highest BCUT2D eigenvalue weighted by Crippen LogP contribution is 2.33. The van der Waals surface area contributed by atoms with Crippen LogP contribution >= 0.6 is 23.8 Å². The molecule has 2 rings (SSSR count). The van der Waals surface area contributed by atoms with E-state index in [0.717, 1.165) is 23.3 Å². The van der Waals surface area contributed by atoms with Gasteiger partial charge in [-0.3, -0.25) is 5.43 Å². The van der Waals surface area contributed by atoms with Crippen molar-refractivity contribution in [3.8, 4) is 0 Å². The van der Waals surface area contributed by atoms with Crippen LogP contribution in [-0.4, -0.2) is 10.8 Å². The Morgan fingerprint density at radius 1 is 1.08 bits per heavy atom. The molecule has 0 unspecified atom stereocenters. The molecule has 0 aliphatic heterocycles. The van der Waals surface area contributed by atoms with Gasteiger partial charge in [0.1, 0.15) is 0 Å². The Morgan fingerprint density at radius 3 is 2.38 bits per heavy atom. The molecular weight excluding hydrogens is 383 g/mol. The lowest BCUT2D eigenvalue weighted by Crippen LogP contribution is -2.25. The second-order valence-electron chi connectivity index (χ2n) is 5.75. The maximum absolute atomic E-state index is 12.8. The van der Waals surface area contributed by atoms with Crippen molar-refractivity contribution >= 4 is 40.3 Å². The molecule has 26 heavy (non-hydrogen) atoms. The predicted molar refractivity (Wildman–Crippen MR) is 104 cm³/mol. The van der Waals surface area contributed by atoms with E-state index in [1.165, 1.54) is 11.6 Å². The second kappa shape index (κ2) is 8.05. The first-order valence-electron chi connectivity index (χ1n) is 7.63. The van der Waals surface area contributed by atoms with Gasteiger partial charge in [0, 0.05) is 0 Å². The minimum absolute atomic E-state index is 0.0365. The van der Waals surface area contributed by atoms with Crippen molar-refractivity contribution in [1.29, 1.82) is 0 Å². The summed E-state index contributed by atoms with van der Waals surface area (Å²) in [6, 6.07) is 8.89. The van der Waals surface area contributed by atoms with E-state index >= 15 is 0 Å². The fourth-order valence-corrected chi connectivity index (χ4v) is 2.43. The summed E-state index contributed by atoms with van der Waals surface area (Å²) in [5.74, 6) is 0. The predicted octanol–water partition coefficient (Wildman–Crippen LogP) is 5.69. The highest BCUT2D eigenvalue weighted by molar-refractivity contribution is 7.80. The molecule has 0 aliphatic rings. The van der Waals surface area contributed by atoms with Crippen molar-refractivity contribution in [2.45, 2.75) is 26.9 Å². The number of nitrogens with one attached hydrogen (secondary N) is 2. The van der Waals surface area contributed by atoms with E-state index in [1.807, 2.05) is 32.0 Å². The summed E-state index contributed by atoms with van der Waals surface area (Å²) in [6.07, 6.45) is -4.46. The molecule has 0 radical (unpaired) electrons. The van der Waals surface area contributed by atoms with Gasteiger partial charge in [0.05, 0.1) is 22.0 Å². The second-order valence-corrected chi connectivity index (χ2v) is 6.57. The minimum Gasteiger partial charge on any atom is -0.330 e. The van der Waals surface area contributed by atoms with E-state index in [1.54, 1.807) is 6.92 Å². The first-order valence-corrected chi connectivity index (χ1v) is 8.42. The summed E-state index contributed by atoms with van der Waals surface area (Å²) >= 11 is 11.0. The van der Waals surface area contributed by atoms with Crippen molar-refractivity contribution < 1.29 is 13.2 Å². The molecule has 2 aromatic carbocycles. The molecule has 0 heterocycles. The van der Waals surface area contributed by atoms with Crippen LogP contribution in [0.5, 0.6) is 0 Å². The van der Waals surface area contributed by atoms with Gasteiger partial charge in [0.2, 0.25) is 0 Å². The number of hydrazone groups is 1. The molecule has 0 aromatic heterocycles. The molecule has 0 spiro atoms. The molecule has 2 N–H and O–H groups in total. The van der Waals surface area contributed by atoms with Crippen LogP contribution < -0.4 is 10.7 Å². The fraction of sp³-hybridized carbons (Fsp3) is 0.222. The molecule has 0 bridgehead atoms. The van der Waals surface area contributed by atoms with Gasteiger partial charge in [-0.15, -0.1) is 0 Å². The normalized spacial score (nSPS) is 12.0. The zero-order valence-corrected chi connectivity index (χ0v) is 15.9. The number of benzene rings is 2. The van der Waals surface area contributed by atoms with Crippen molar-refractivity contribution in [3.63, 3.8) is 0 Å². The topological polar surface area (TPSA) is 36.4 Å². The van der Waals surface area contributed by atoms with E-state index in [0.29, 0.717) is 5.71 Å². The van der Waals surface area contributed by atoms with Gasteiger partial charge in [0.15, 0.2) is 5.11 Å². The molecule has 8 heteroatoms. The number of rotatable bonds is 3. The summed E-state index contributed by atoms with van der Waals surface area (Å²) in [7, 11) is 0. The van der Waals surface area contributed by atoms with E-state index < -0.39 is 11.7 Å². The number of aryl methyl sites for hydroxylation is 2. The molecule has 3 nitrogen and oxygen atoms in total. The zero-order chi connectivity index (χ0) is 19.5. The number of hydrogen-bond acceptors (Lipinski definition) is 2. The number of thiocarbonyl (C=S) groups is 1. The van der Waals surface area contributed by atoms with Gasteiger partial charge in [-0.05, 0) is 73.9 Å². The Labute approximate surface area is 160 Å². The minimum atomic E-state index is -4.46. The molecular formula is C18H17ClF3N3S. The lowest BCUT2D eigenvalue weighted by Gasteiger charge is -2.13. The monoisotopic (exact) mass is 399 g/mol. The molecule has 0 aliphatic carbocycles. The number of halogens is 4. The molecule has 2 aromatic rings. The largest absolute Gasteiger partial charge is 0.416 e. The molecule has 0 atom stereocenters. The van der Waals surface area contributed by atoms with E-state index in [9.17, 15) is 13.2 Å². The van der Waals surface area contributed by atoms with Crippen LogP contribution in [0, 0.1) is 13.8 Å². The third kappa shape index (κ3) is 5.19. The highest BCUT2D eigenvalue weighted by Gasteiger charge is 2.31. The molecule has 0 saturated carbocycles. The third-order valence-electron chi connectivity index (χ3n) is 3.79. The zero-order valence-electron chi connectivity index (χ0n) is 14.3.